The van der Waals surface area contributed by atoms with Crippen molar-refractivity contribution in [3.8, 4) is 5.75 Å². The molecule has 1 saturated heterocycles. The van der Waals surface area contributed by atoms with Crippen LogP contribution in [0.4, 0.5) is 11.4 Å². The van der Waals surface area contributed by atoms with E-state index in [4.69, 9.17) is 4.74 Å². The monoisotopic (exact) mass is 364 g/mol. The molecular weight excluding hydrogens is 344 g/mol. The summed E-state index contributed by atoms with van der Waals surface area (Å²) >= 11 is 0. The Bertz CT molecular complexity index is 918. The van der Waals surface area contributed by atoms with Gasteiger partial charge in [-0.2, -0.15) is 5.11 Å². The van der Waals surface area contributed by atoms with E-state index in [-0.39, 0.29) is 11.8 Å². The Hall–Kier alpha value is -3.22. The summed E-state index contributed by atoms with van der Waals surface area (Å²) in [5, 5.41) is 9.67. The Balaban J connectivity index is 1.65. The van der Waals surface area contributed by atoms with Crippen LogP contribution in [0.1, 0.15) is 18.1 Å². The number of carbonyl (C=O) groups excluding carboxylic acids is 2. The van der Waals surface area contributed by atoms with Crippen molar-refractivity contribution in [2.24, 2.45) is 10.3 Å². The third-order valence-corrected chi connectivity index (χ3v) is 4.66. The zero-order chi connectivity index (χ0) is 19.1. The minimum absolute atomic E-state index is 0.311. The smallest absolute Gasteiger partial charge is 0.263 e. The molecule has 0 radical (unpaired) electrons. The maximum absolute atomic E-state index is 13.1. The van der Waals surface area contributed by atoms with Crippen LogP contribution >= 0.6 is 0 Å². The normalized spacial score (nSPS) is 21.1. The van der Waals surface area contributed by atoms with Crippen LogP contribution in [0.2, 0.25) is 0 Å². The number of aryl methyl sites for hydroxylation is 2. The number of anilines is 2. The molecule has 7 heteroatoms. The predicted octanol–water partition coefficient (Wildman–Crippen LogP) is 3.20. The fourth-order valence-electron chi connectivity index (χ4n) is 3.57. The molecule has 0 saturated carbocycles. The number of benzene rings is 2. The highest BCUT2D eigenvalue weighted by Gasteiger charge is 2.55. The van der Waals surface area contributed by atoms with E-state index in [0.29, 0.717) is 18.0 Å². The number of imide groups is 1. The zero-order valence-corrected chi connectivity index (χ0v) is 15.4. The van der Waals surface area contributed by atoms with E-state index in [9.17, 15) is 9.59 Å². The number of rotatable bonds is 4. The fourth-order valence-corrected chi connectivity index (χ4v) is 3.57. The molecule has 1 fully saturated rings. The van der Waals surface area contributed by atoms with Gasteiger partial charge in [0.2, 0.25) is 0 Å². The lowest BCUT2D eigenvalue weighted by Gasteiger charge is -2.21. The molecular formula is C20H20N4O3. The van der Waals surface area contributed by atoms with E-state index in [1.165, 1.54) is 9.91 Å². The van der Waals surface area contributed by atoms with Gasteiger partial charge >= 0.3 is 0 Å². The second kappa shape index (κ2) is 6.50. The maximum Gasteiger partial charge on any atom is 0.263 e. The molecule has 2 aromatic rings. The van der Waals surface area contributed by atoms with Crippen LogP contribution in [0.15, 0.2) is 52.8 Å². The lowest BCUT2D eigenvalue weighted by molar-refractivity contribution is -0.121. The Labute approximate surface area is 157 Å². The topological polar surface area (TPSA) is 74.6 Å². The molecule has 0 aliphatic carbocycles. The van der Waals surface area contributed by atoms with Gasteiger partial charge in [-0.3, -0.25) is 9.59 Å². The van der Waals surface area contributed by atoms with Gasteiger partial charge in [-0.15, -0.1) is 0 Å². The highest BCUT2D eigenvalue weighted by Crippen LogP contribution is 2.35. The molecule has 0 bridgehead atoms. The molecule has 0 spiro atoms. The summed E-state index contributed by atoms with van der Waals surface area (Å²) in [4.78, 5) is 27.2. The average molecular weight is 364 g/mol. The Kier molecular flexibility index (Phi) is 4.14. The van der Waals surface area contributed by atoms with E-state index >= 15 is 0 Å². The lowest BCUT2D eigenvalue weighted by atomic mass is 10.1. The van der Waals surface area contributed by atoms with Crippen LogP contribution < -0.4 is 14.6 Å². The first-order valence-electron chi connectivity index (χ1n) is 8.88. The second-order valence-electron chi connectivity index (χ2n) is 6.72. The molecule has 27 heavy (non-hydrogen) atoms. The van der Waals surface area contributed by atoms with Crippen molar-refractivity contribution in [2.75, 3.05) is 16.5 Å². The van der Waals surface area contributed by atoms with E-state index in [0.717, 1.165) is 16.9 Å². The first-order chi connectivity index (χ1) is 13.0. The van der Waals surface area contributed by atoms with Crippen LogP contribution in [-0.2, 0) is 9.59 Å². The molecule has 2 aromatic carbocycles. The fraction of sp³-hybridized carbons (Fsp3) is 0.300. The summed E-state index contributed by atoms with van der Waals surface area (Å²) in [6.45, 7) is 6.37. The Morgan fingerprint density at radius 1 is 0.963 bits per heavy atom. The predicted molar refractivity (Wildman–Crippen MR) is 101 cm³/mol. The van der Waals surface area contributed by atoms with Gasteiger partial charge < -0.3 is 4.74 Å². The number of amides is 2. The van der Waals surface area contributed by atoms with Crippen LogP contribution in [0.5, 0.6) is 5.75 Å². The summed E-state index contributed by atoms with van der Waals surface area (Å²) < 4.78 is 5.44. The van der Waals surface area contributed by atoms with Gasteiger partial charge in [-0.1, -0.05) is 11.3 Å². The molecule has 2 amide bonds. The van der Waals surface area contributed by atoms with Gasteiger partial charge in [0.15, 0.2) is 12.1 Å². The molecule has 0 unspecified atom stereocenters. The number of hydrogen-bond donors (Lipinski definition) is 0. The standard InChI is InChI=1S/C20H20N4O3/c1-4-27-16-7-5-14(6-8-16)24-18-17(21-22-24)19(25)23(20(18)26)15-10-12(2)9-13(3)11-15/h5-11,17-18H,4H2,1-3H3/t17-,18-/m0/s1. The van der Waals surface area contributed by atoms with Gasteiger partial charge in [0.1, 0.15) is 5.75 Å². The average Bonchev–Trinajstić information content (AvgIpc) is 3.16. The minimum atomic E-state index is -0.815. The summed E-state index contributed by atoms with van der Waals surface area (Å²) in [6, 6.07) is 11.3. The number of ether oxygens (including phenoxy) is 1. The van der Waals surface area contributed by atoms with Gasteiger partial charge in [0.05, 0.1) is 18.0 Å². The molecule has 0 N–H and O–H groups in total. The van der Waals surface area contributed by atoms with Gasteiger partial charge in [0, 0.05) is 0 Å². The van der Waals surface area contributed by atoms with Crippen LogP contribution in [0.3, 0.4) is 0 Å². The van der Waals surface area contributed by atoms with Crippen LogP contribution in [0, 0.1) is 13.8 Å². The molecule has 2 atom stereocenters. The molecule has 2 aliphatic heterocycles. The highest BCUT2D eigenvalue weighted by molar-refractivity contribution is 6.26. The second-order valence-corrected chi connectivity index (χ2v) is 6.72. The summed E-state index contributed by atoms with van der Waals surface area (Å²) in [6.07, 6.45) is 0. The van der Waals surface area contributed by atoms with E-state index < -0.39 is 12.1 Å². The number of fused-ring (bicyclic) bond motifs is 1. The maximum atomic E-state index is 13.1. The van der Waals surface area contributed by atoms with Crippen molar-refractivity contribution in [3.63, 3.8) is 0 Å². The van der Waals surface area contributed by atoms with Crippen LogP contribution in [0.25, 0.3) is 0 Å². The molecule has 2 aliphatic rings. The van der Waals surface area contributed by atoms with Gasteiger partial charge in [-0.05, 0) is 68.3 Å². The number of carbonyl (C=O) groups is 2. The molecule has 4 rings (SSSR count). The Morgan fingerprint density at radius 3 is 2.26 bits per heavy atom. The zero-order valence-electron chi connectivity index (χ0n) is 15.4. The van der Waals surface area contributed by atoms with Crippen molar-refractivity contribution in [3.05, 3.63) is 53.6 Å². The quantitative estimate of drug-likeness (QED) is 0.781. The Morgan fingerprint density at radius 2 is 1.63 bits per heavy atom. The van der Waals surface area contributed by atoms with Crippen molar-refractivity contribution in [2.45, 2.75) is 32.9 Å². The highest BCUT2D eigenvalue weighted by atomic mass is 16.5. The summed E-state index contributed by atoms with van der Waals surface area (Å²) in [5.74, 6) is 0.0840. The van der Waals surface area contributed by atoms with E-state index in [2.05, 4.69) is 10.3 Å². The van der Waals surface area contributed by atoms with Gasteiger partial charge in [0.25, 0.3) is 11.8 Å². The van der Waals surface area contributed by atoms with Gasteiger partial charge in [-0.25, -0.2) is 9.91 Å². The first-order valence-corrected chi connectivity index (χ1v) is 8.88. The number of hydrogen-bond acceptors (Lipinski definition) is 6. The minimum Gasteiger partial charge on any atom is -0.494 e. The van der Waals surface area contributed by atoms with Crippen molar-refractivity contribution in [1.82, 2.24) is 0 Å². The SMILES string of the molecule is CCOc1ccc(N2N=N[C@@H]3C(=O)N(c4cc(C)cc(C)c4)C(=O)[C@H]32)cc1. The third kappa shape index (κ3) is 2.85. The first kappa shape index (κ1) is 17.2. The lowest BCUT2D eigenvalue weighted by Crippen LogP contribution is -2.39. The third-order valence-electron chi connectivity index (χ3n) is 4.66. The van der Waals surface area contributed by atoms with E-state index in [1.54, 1.807) is 0 Å². The molecule has 0 aromatic heterocycles. The summed E-state index contributed by atoms with van der Waals surface area (Å²) in [7, 11) is 0. The number of nitrogens with zero attached hydrogens (tertiary/aromatic N) is 4. The van der Waals surface area contributed by atoms with E-state index in [1.807, 2.05) is 63.2 Å². The molecule has 2 heterocycles. The summed E-state index contributed by atoms with van der Waals surface area (Å²) in [5.41, 5.74) is 3.26. The van der Waals surface area contributed by atoms with Crippen LogP contribution in [-0.4, -0.2) is 30.5 Å². The largest absolute Gasteiger partial charge is 0.494 e. The van der Waals surface area contributed by atoms with Crippen molar-refractivity contribution < 1.29 is 14.3 Å². The molecule has 7 nitrogen and oxygen atoms in total. The van der Waals surface area contributed by atoms with Crippen molar-refractivity contribution in [1.29, 1.82) is 0 Å². The molecule has 138 valence electrons. The van der Waals surface area contributed by atoms with Crippen molar-refractivity contribution >= 4 is 23.2 Å².